The van der Waals surface area contributed by atoms with E-state index in [2.05, 4.69) is 9.47 Å². The van der Waals surface area contributed by atoms with E-state index < -0.39 is 59.9 Å². The Morgan fingerprint density at radius 3 is 2.26 bits per heavy atom. The standard InChI is InChI=1S/C13H12O10/c14-5-1-4(2-6(15)8(5)17)12(20)22-3-7(16)11-9(18)10(19)13(21)23-11/h1-2,7,10-11,14-17,19H,3H2. The fourth-order valence-electron chi connectivity index (χ4n) is 1.84. The average molecular weight is 328 g/mol. The van der Waals surface area contributed by atoms with Crippen LogP contribution in [0.25, 0.3) is 0 Å². The minimum atomic E-state index is -1.99. The maximum absolute atomic E-state index is 11.7. The molecule has 1 heterocycles. The van der Waals surface area contributed by atoms with Crippen molar-refractivity contribution in [2.24, 2.45) is 0 Å². The third-order valence-corrected chi connectivity index (χ3v) is 3.06. The summed E-state index contributed by atoms with van der Waals surface area (Å²) >= 11 is 0. The molecule has 2 rings (SSSR count). The number of rotatable bonds is 4. The van der Waals surface area contributed by atoms with Gasteiger partial charge in [0.1, 0.15) is 12.7 Å². The van der Waals surface area contributed by atoms with Crippen molar-refractivity contribution in [2.45, 2.75) is 18.3 Å². The first-order valence-corrected chi connectivity index (χ1v) is 6.24. The van der Waals surface area contributed by atoms with Crippen LogP contribution in [-0.2, 0) is 19.1 Å². The molecule has 3 unspecified atom stereocenters. The summed E-state index contributed by atoms with van der Waals surface area (Å²) < 4.78 is 9.10. The van der Waals surface area contributed by atoms with Crippen LogP contribution >= 0.6 is 0 Å². The number of aliphatic hydroxyl groups excluding tert-OH is 2. The van der Waals surface area contributed by atoms with Crippen molar-refractivity contribution in [1.82, 2.24) is 0 Å². The highest BCUT2D eigenvalue weighted by Gasteiger charge is 2.46. The Hall–Kier alpha value is -2.85. The maximum Gasteiger partial charge on any atom is 0.343 e. The number of hydrogen-bond acceptors (Lipinski definition) is 10. The van der Waals surface area contributed by atoms with Gasteiger partial charge in [-0.05, 0) is 12.1 Å². The van der Waals surface area contributed by atoms with Gasteiger partial charge in [0.2, 0.25) is 11.9 Å². The second kappa shape index (κ2) is 6.10. The molecule has 1 fully saturated rings. The van der Waals surface area contributed by atoms with Crippen molar-refractivity contribution >= 4 is 17.7 Å². The van der Waals surface area contributed by atoms with Crippen molar-refractivity contribution in [2.75, 3.05) is 6.61 Å². The lowest BCUT2D eigenvalue weighted by Gasteiger charge is -2.15. The van der Waals surface area contributed by atoms with Crippen LogP contribution in [0.5, 0.6) is 17.2 Å². The highest BCUT2D eigenvalue weighted by atomic mass is 16.6. The summed E-state index contributed by atoms with van der Waals surface area (Å²) in [6, 6.07) is 1.63. The number of aliphatic hydroxyl groups is 2. The van der Waals surface area contributed by atoms with Crippen LogP contribution < -0.4 is 0 Å². The normalized spacial score (nSPS) is 21.8. The van der Waals surface area contributed by atoms with Crippen molar-refractivity contribution in [3.05, 3.63) is 17.7 Å². The number of benzene rings is 1. The first-order valence-electron chi connectivity index (χ1n) is 6.24. The maximum atomic E-state index is 11.7. The highest BCUT2D eigenvalue weighted by Crippen LogP contribution is 2.35. The summed E-state index contributed by atoms with van der Waals surface area (Å²) in [5.74, 6) is -5.70. The minimum absolute atomic E-state index is 0.334. The van der Waals surface area contributed by atoms with Crippen molar-refractivity contribution in [3.63, 3.8) is 0 Å². The van der Waals surface area contributed by atoms with Crippen molar-refractivity contribution < 1.29 is 49.4 Å². The topological polar surface area (TPSA) is 171 Å². The van der Waals surface area contributed by atoms with Crippen LogP contribution in [0.2, 0.25) is 0 Å². The highest BCUT2D eigenvalue weighted by molar-refractivity contribution is 6.09. The van der Waals surface area contributed by atoms with Crippen LogP contribution in [-0.4, -0.2) is 68.2 Å². The number of Topliss-reactive ketones (excluding diaryl/α,β-unsaturated/α-hetero) is 1. The predicted molar refractivity (Wildman–Crippen MR) is 68.6 cm³/mol. The van der Waals surface area contributed by atoms with Gasteiger partial charge in [-0.2, -0.15) is 0 Å². The lowest BCUT2D eigenvalue weighted by atomic mass is 10.1. The van der Waals surface area contributed by atoms with Gasteiger partial charge in [-0.3, -0.25) is 4.79 Å². The molecule has 1 aromatic carbocycles. The molecular formula is C13H12O10. The van der Waals surface area contributed by atoms with Crippen LogP contribution in [0.4, 0.5) is 0 Å². The lowest BCUT2D eigenvalue weighted by Crippen LogP contribution is -2.38. The molecule has 5 N–H and O–H groups in total. The second-order valence-electron chi connectivity index (χ2n) is 4.69. The summed E-state index contributed by atoms with van der Waals surface area (Å²) in [4.78, 5) is 34.1. The van der Waals surface area contributed by atoms with E-state index in [0.717, 1.165) is 12.1 Å². The zero-order valence-corrected chi connectivity index (χ0v) is 11.4. The SMILES string of the molecule is O=C(OCC(O)C1OC(=O)C(O)C1=O)c1cc(O)c(O)c(O)c1. The van der Waals surface area contributed by atoms with Gasteiger partial charge in [-0.25, -0.2) is 9.59 Å². The largest absolute Gasteiger partial charge is 0.504 e. The van der Waals surface area contributed by atoms with E-state index in [1.807, 2.05) is 0 Å². The molecule has 0 radical (unpaired) electrons. The van der Waals surface area contributed by atoms with Gasteiger partial charge < -0.3 is 35.0 Å². The summed E-state index contributed by atoms with van der Waals surface area (Å²) in [6.45, 7) is -0.752. The summed E-state index contributed by atoms with van der Waals surface area (Å²) in [7, 11) is 0. The van der Waals surface area contributed by atoms with E-state index in [1.165, 1.54) is 0 Å². The number of carbonyl (C=O) groups is 3. The first-order chi connectivity index (χ1) is 10.7. The van der Waals surface area contributed by atoms with E-state index in [1.54, 1.807) is 0 Å². The van der Waals surface area contributed by atoms with Gasteiger partial charge in [0, 0.05) is 0 Å². The van der Waals surface area contributed by atoms with Crippen LogP contribution in [0.3, 0.4) is 0 Å². The van der Waals surface area contributed by atoms with Crippen LogP contribution in [0, 0.1) is 0 Å². The molecule has 124 valence electrons. The van der Waals surface area contributed by atoms with Crippen LogP contribution in [0.15, 0.2) is 12.1 Å². The number of phenolic OH excluding ortho intramolecular Hbond substituents is 3. The molecule has 0 amide bonds. The molecular weight excluding hydrogens is 316 g/mol. The molecule has 0 spiro atoms. The molecule has 0 aliphatic carbocycles. The summed E-state index contributed by atoms with van der Waals surface area (Å²) in [5, 5.41) is 46.5. The van der Waals surface area contributed by atoms with E-state index >= 15 is 0 Å². The lowest BCUT2D eigenvalue weighted by molar-refractivity contribution is -0.151. The molecule has 1 aliphatic rings. The summed E-state index contributed by atoms with van der Waals surface area (Å²) in [5.41, 5.74) is -0.334. The molecule has 0 bridgehead atoms. The third-order valence-electron chi connectivity index (χ3n) is 3.06. The van der Waals surface area contributed by atoms with E-state index in [4.69, 9.17) is 10.2 Å². The van der Waals surface area contributed by atoms with Gasteiger partial charge in [-0.15, -0.1) is 0 Å². The Balaban J connectivity index is 1.99. The van der Waals surface area contributed by atoms with Gasteiger partial charge in [0.15, 0.2) is 23.4 Å². The zero-order chi connectivity index (χ0) is 17.3. The Bertz CT molecular complexity index is 644. The molecule has 3 atom stereocenters. The van der Waals surface area contributed by atoms with Gasteiger partial charge in [0.25, 0.3) is 0 Å². The number of cyclic esters (lactones) is 1. The average Bonchev–Trinajstić information content (AvgIpc) is 2.77. The Labute approximate surface area is 128 Å². The molecule has 0 aromatic heterocycles. The van der Waals surface area contributed by atoms with Gasteiger partial charge in [-0.1, -0.05) is 0 Å². The van der Waals surface area contributed by atoms with Gasteiger partial charge >= 0.3 is 11.9 Å². The second-order valence-corrected chi connectivity index (χ2v) is 4.69. The smallest absolute Gasteiger partial charge is 0.343 e. The fourth-order valence-corrected chi connectivity index (χ4v) is 1.84. The monoisotopic (exact) mass is 328 g/mol. The fraction of sp³-hybridized carbons (Fsp3) is 0.308. The Morgan fingerprint density at radius 2 is 1.78 bits per heavy atom. The third kappa shape index (κ3) is 3.17. The van der Waals surface area contributed by atoms with E-state index in [-0.39, 0.29) is 5.56 Å². The quantitative estimate of drug-likeness (QED) is 0.241. The molecule has 10 nitrogen and oxygen atoms in total. The number of ether oxygens (including phenoxy) is 2. The number of carbonyl (C=O) groups excluding carboxylic acids is 3. The number of hydrogen-bond donors (Lipinski definition) is 5. The van der Waals surface area contributed by atoms with Crippen molar-refractivity contribution in [3.8, 4) is 17.2 Å². The Morgan fingerprint density at radius 1 is 1.22 bits per heavy atom. The number of esters is 2. The molecule has 0 saturated carbocycles. The molecule has 23 heavy (non-hydrogen) atoms. The molecule has 1 saturated heterocycles. The first kappa shape index (κ1) is 16.5. The van der Waals surface area contributed by atoms with Gasteiger partial charge in [0.05, 0.1) is 5.56 Å². The number of aromatic hydroxyl groups is 3. The number of phenols is 3. The van der Waals surface area contributed by atoms with Crippen LogP contribution in [0.1, 0.15) is 10.4 Å². The Kier molecular flexibility index (Phi) is 4.38. The minimum Gasteiger partial charge on any atom is -0.504 e. The van der Waals surface area contributed by atoms with E-state index in [9.17, 15) is 29.7 Å². The molecule has 1 aliphatic heterocycles. The number of ketones is 1. The molecule has 1 aromatic rings. The zero-order valence-electron chi connectivity index (χ0n) is 11.4. The summed E-state index contributed by atoms with van der Waals surface area (Å²) in [6.07, 6.45) is -5.35. The van der Waals surface area contributed by atoms with Crippen molar-refractivity contribution in [1.29, 1.82) is 0 Å². The predicted octanol–water partition coefficient (Wildman–Crippen LogP) is -1.82. The molecule has 10 heteroatoms. The van der Waals surface area contributed by atoms with E-state index in [0.29, 0.717) is 0 Å².